The van der Waals surface area contributed by atoms with Gasteiger partial charge in [0, 0.05) is 11.8 Å². The van der Waals surface area contributed by atoms with Crippen molar-refractivity contribution in [3.63, 3.8) is 0 Å². The van der Waals surface area contributed by atoms with Gasteiger partial charge in [0.15, 0.2) is 0 Å². The Balaban J connectivity index is 1.96. The summed E-state index contributed by atoms with van der Waals surface area (Å²) in [5.74, 6) is 0.767. The topological polar surface area (TPSA) is 46.0 Å². The predicted molar refractivity (Wildman–Crippen MR) is 56.2 cm³/mol. The molecule has 78 valence electrons. The van der Waals surface area contributed by atoms with Crippen molar-refractivity contribution in [2.24, 2.45) is 5.92 Å². The van der Waals surface area contributed by atoms with E-state index in [9.17, 15) is 5.11 Å². The van der Waals surface area contributed by atoms with E-state index in [2.05, 4.69) is 16.5 Å². The maximum Gasteiger partial charge on any atom is 0.0784 e. The molecule has 1 N–H and O–H groups in total. The smallest absolute Gasteiger partial charge is 0.0784 e. The lowest BCUT2D eigenvalue weighted by atomic mass is 9.77. The van der Waals surface area contributed by atoms with Crippen LogP contribution in [-0.2, 0) is 6.42 Å². The molecule has 1 aliphatic carbocycles. The molecule has 0 saturated heterocycles. The summed E-state index contributed by atoms with van der Waals surface area (Å²) in [7, 11) is 0. The lowest BCUT2D eigenvalue weighted by molar-refractivity contribution is -0.00744. The van der Waals surface area contributed by atoms with Crippen LogP contribution in [-0.4, -0.2) is 20.3 Å². The van der Waals surface area contributed by atoms with E-state index >= 15 is 0 Å². The van der Waals surface area contributed by atoms with Gasteiger partial charge in [0.2, 0.25) is 0 Å². The van der Waals surface area contributed by atoms with E-state index in [-0.39, 0.29) is 0 Å². The van der Waals surface area contributed by atoms with Gasteiger partial charge in [0.05, 0.1) is 11.3 Å². The molecule has 0 unspecified atom stereocenters. The van der Waals surface area contributed by atoms with Gasteiger partial charge in [-0.1, -0.05) is 11.4 Å². The molecular weight excluding hydrogens is 196 g/mol. The van der Waals surface area contributed by atoms with Crippen LogP contribution in [0.4, 0.5) is 0 Å². The summed E-state index contributed by atoms with van der Waals surface area (Å²) in [5.41, 5.74) is 0.425. The van der Waals surface area contributed by atoms with Crippen LogP contribution >= 0.6 is 11.5 Å². The Labute approximate surface area is 88.3 Å². The van der Waals surface area contributed by atoms with Crippen molar-refractivity contribution in [2.45, 2.75) is 44.6 Å². The number of aliphatic hydroxyl groups is 1. The third kappa shape index (κ3) is 2.30. The summed E-state index contributed by atoms with van der Waals surface area (Å²) >= 11 is 1.36. The molecule has 1 fully saturated rings. The molecule has 0 amide bonds. The van der Waals surface area contributed by atoms with E-state index in [1.165, 1.54) is 11.5 Å². The molecule has 0 aliphatic heterocycles. The van der Waals surface area contributed by atoms with Crippen LogP contribution in [0, 0.1) is 5.92 Å². The van der Waals surface area contributed by atoms with Crippen molar-refractivity contribution in [1.82, 2.24) is 9.59 Å². The molecule has 0 aromatic carbocycles. The molecule has 1 aliphatic rings. The molecule has 0 radical (unpaired) electrons. The second-order valence-corrected chi connectivity index (χ2v) is 5.09. The highest BCUT2D eigenvalue weighted by Crippen LogP contribution is 2.33. The molecule has 14 heavy (non-hydrogen) atoms. The van der Waals surface area contributed by atoms with E-state index in [0.717, 1.165) is 37.3 Å². The Bertz CT molecular complexity index is 278. The number of hydrogen-bond donors (Lipinski definition) is 1. The first kappa shape index (κ1) is 10.1. The number of aromatic nitrogens is 2. The van der Waals surface area contributed by atoms with Crippen molar-refractivity contribution < 1.29 is 5.11 Å². The van der Waals surface area contributed by atoms with Gasteiger partial charge < -0.3 is 5.11 Å². The number of nitrogens with zero attached hydrogens (tertiary/aromatic N) is 2. The zero-order valence-corrected chi connectivity index (χ0v) is 9.26. The molecule has 4 heteroatoms. The minimum Gasteiger partial charge on any atom is -0.389 e. The predicted octanol–water partition coefficient (Wildman–Crippen LogP) is 2.02. The monoisotopic (exact) mass is 212 g/mol. The Morgan fingerprint density at radius 2 is 2.29 bits per heavy atom. The standard InChI is InChI=1S/C10H16N2OS/c1-8-2-4-10(13,5-3-8)6-9-7-14-12-11-9/h7-8,13H,2-6H2,1H3. The van der Waals surface area contributed by atoms with Crippen molar-refractivity contribution in [3.05, 3.63) is 11.1 Å². The largest absolute Gasteiger partial charge is 0.389 e. The molecule has 0 bridgehead atoms. The SMILES string of the molecule is CC1CCC(O)(Cc2csnn2)CC1. The highest BCUT2D eigenvalue weighted by molar-refractivity contribution is 7.03. The summed E-state index contributed by atoms with van der Waals surface area (Å²) in [6, 6.07) is 0. The van der Waals surface area contributed by atoms with E-state index in [0.29, 0.717) is 6.42 Å². The zero-order valence-electron chi connectivity index (χ0n) is 8.44. The van der Waals surface area contributed by atoms with E-state index < -0.39 is 5.60 Å². The summed E-state index contributed by atoms with van der Waals surface area (Å²) in [5, 5.41) is 16.2. The van der Waals surface area contributed by atoms with Gasteiger partial charge in [0.1, 0.15) is 0 Å². The third-order valence-electron chi connectivity index (χ3n) is 3.12. The van der Waals surface area contributed by atoms with Gasteiger partial charge in [-0.2, -0.15) is 0 Å². The molecular formula is C10H16N2OS. The van der Waals surface area contributed by atoms with Gasteiger partial charge >= 0.3 is 0 Å². The van der Waals surface area contributed by atoms with E-state index in [1.54, 1.807) is 0 Å². The van der Waals surface area contributed by atoms with Crippen LogP contribution < -0.4 is 0 Å². The summed E-state index contributed by atoms with van der Waals surface area (Å²) in [4.78, 5) is 0. The zero-order chi connectivity index (χ0) is 10.0. The average molecular weight is 212 g/mol. The number of rotatable bonds is 2. The first-order valence-electron chi connectivity index (χ1n) is 5.16. The van der Waals surface area contributed by atoms with E-state index in [1.807, 2.05) is 5.38 Å². The first-order chi connectivity index (χ1) is 6.68. The second-order valence-electron chi connectivity index (χ2n) is 4.48. The fourth-order valence-electron chi connectivity index (χ4n) is 2.07. The normalized spacial score (nSPS) is 33.1. The summed E-state index contributed by atoms with van der Waals surface area (Å²) in [6.45, 7) is 2.25. The van der Waals surface area contributed by atoms with Crippen LogP contribution in [0.2, 0.25) is 0 Å². The summed E-state index contributed by atoms with van der Waals surface area (Å²) in [6.07, 6.45) is 4.76. The number of hydrogen-bond acceptors (Lipinski definition) is 4. The summed E-state index contributed by atoms with van der Waals surface area (Å²) < 4.78 is 3.81. The Hall–Kier alpha value is -0.480. The molecule has 1 aromatic rings. The lowest BCUT2D eigenvalue weighted by Gasteiger charge is -2.34. The van der Waals surface area contributed by atoms with Gasteiger partial charge in [-0.25, -0.2) is 0 Å². The van der Waals surface area contributed by atoms with Crippen molar-refractivity contribution in [3.8, 4) is 0 Å². The first-order valence-corrected chi connectivity index (χ1v) is 6.00. The van der Waals surface area contributed by atoms with Gasteiger partial charge in [0.25, 0.3) is 0 Å². The maximum atomic E-state index is 10.3. The van der Waals surface area contributed by atoms with Crippen molar-refractivity contribution >= 4 is 11.5 Å². The average Bonchev–Trinajstić information content (AvgIpc) is 2.63. The van der Waals surface area contributed by atoms with Gasteiger partial charge in [-0.15, -0.1) is 5.10 Å². The molecule has 1 heterocycles. The maximum absolute atomic E-state index is 10.3. The second kappa shape index (κ2) is 3.95. The molecule has 2 rings (SSSR count). The molecule has 0 atom stereocenters. The highest BCUT2D eigenvalue weighted by atomic mass is 32.1. The van der Waals surface area contributed by atoms with Crippen LogP contribution in [0.25, 0.3) is 0 Å². The van der Waals surface area contributed by atoms with E-state index in [4.69, 9.17) is 0 Å². The van der Waals surface area contributed by atoms with Gasteiger partial charge in [-0.05, 0) is 43.1 Å². The van der Waals surface area contributed by atoms with Crippen LogP contribution in [0.1, 0.15) is 38.3 Å². The quantitative estimate of drug-likeness (QED) is 0.815. The molecule has 1 aromatic heterocycles. The minimum absolute atomic E-state index is 0.512. The molecule has 0 spiro atoms. The lowest BCUT2D eigenvalue weighted by Crippen LogP contribution is -2.35. The highest BCUT2D eigenvalue weighted by Gasteiger charge is 2.32. The fraction of sp³-hybridized carbons (Fsp3) is 0.800. The molecule has 3 nitrogen and oxygen atoms in total. The third-order valence-corrected chi connectivity index (χ3v) is 3.67. The minimum atomic E-state index is -0.512. The van der Waals surface area contributed by atoms with Crippen LogP contribution in [0.15, 0.2) is 5.38 Å². The Morgan fingerprint density at radius 3 is 2.86 bits per heavy atom. The van der Waals surface area contributed by atoms with Crippen LogP contribution in [0.5, 0.6) is 0 Å². The Kier molecular flexibility index (Phi) is 2.83. The molecule has 1 saturated carbocycles. The van der Waals surface area contributed by atoms with Crippen molar-refractivity contribution in [1.29, 1.82) is 0 Å². The van der Waals surface area contributed by atoms with Crippen molar-refractivity contribution in [2.75, 3.05) is 0 Å². The Morgan fingerprint density at radius 1 is 1.57 bits per heavy atom. The fourth-order valence-corrected chi connectivity index (χ4v) is 2.53. The van der Waals surface area contributed by atoms with Crippen LogP contribution in [0.3, 0.4) is 0 Å². The van der Waals surface area contributed by atoms with Gasteiger partial charge in [-0.3, -0.25) is 0 Å².